The molecule has 43 heavy (non-hydrogen) atoms. The lowest BCUT2D eigenvalue weighted by Crippen LogP contribution is -2.57. The Hall–Kier alpha value is -4.09. The number of nitrogens with one attached hydrogen (secondary N) is 1. The van der Waals surface area contributed by atoms with Gasteiger partial charge in [0.15, 0.2) is 11.5 Å². The van der Waals surface area contributed by atoms with Crippen LogP contribution in [0.2, 0.25) is 0 Å². The second kappa shape index (κ2) is 13.0. The van der Waals surface area contributed by atoms with Gasteiger partial charge in [0.05, 0.1) is 39.9 Å². The van der Waals surface area contributed by atoms with Crippen LogP contribution in [0.25, 0.3) is 0 Å². The van der Waals surface area contributed by atoms with Gasteiger partial charge in [0.1, 0.15) is 30.0 Å². The van der Waals surface area contributed by atoms with E-state index in [2.05, 4.69) is 5.32 Å². The van der Waals surface area contributed by atoms with E-state index in [0.29, 0.717) is 46.8 Å². The highest BCUT2D eigenvalue weighted by Crippen LogP contribution is 2.51. The number of ether oxygens (including phenoxy) is 4. The molecule has 230 valence electrons. The van der Waals surface area contributed by atoms with E-state index in [9.17, 15) is 24.6 Å². The summed E-state index contributed by atoms with van der Waals surface area (Å²) in [6, 6.07) is 7.74. The molecule has 2 aromatic rings. The fourth-order valence-electron chi connectivity index (χ4n) is 6.17. The van der Waals surface area contributed by atoms with Gasteiger partial charge in [-0.1, -0.05) is 6.42 Å². The Labute approximate surface area is 250 Å². The summed E-state index contributed by atoms with van der Waals surface area (Å²) in [5, 5.41) is 23.9. The molecule has 1 saturated carbocycles. The number of carbonyl (C=O) groups is 3. The number of aliphatic hydroxyl groups excluding tert-OH is 2. The first-order valence-corrected chi connectivity index (χ1v) is 14.5. The van der Waals surface area contributed by atoms with Crippen molar-refractivity contribution in [1.29, 1.82) is 0 Å². The van der Waals surface area contributed by atoms with Crippen LogP contribution in [-0.2, 0) is 16.0 Å². The third-order valence-corrected chi connectivity index (χ3v) is 8.62. The van der Waals surface area contributed by atoms with Crippen molar-refractivity contribution < 1.29 is 43.5 Å². The first kappa shape index (κ1) is 30.4. The van der Waals surface area contributed by atoms with Crippen LogP contribution in [0.5, 0.6) is 23.0 Å². The second-order valence-electron chi connectivity index (χ2n) is 11.0. The van der Waals surface area contributed by atoms with Crippen LogP contribution in [0.4, 0.5) is 0 Å². The van der Waals surface area contributed by atoms with Gasteiger partial charge in [0.2, 0.25) is 11.8 Å². The number of hydrogen-bond donors (Lipinski definition) is 3. The molecule has 1 aliphatic heterocycles. The minimum atomic E-state index is -1.20. The third-order valence-electron chi connectivity index (χ3n) is 8.62. The maximum atomic E-state index is 13.9. The van der Waals surface area contributed by atoms with Crippen LogP contribution in [0.1, 0.15) is 46.7 Å². The minimum absolute atomic E-state index is 0.0204. The lowest BCUT2D eigenvalue weighted by atomic mass is 9.76. The molecule has 4 unspecified atom stereocenters. The number of carbonyl (C=O) groups excluding carboxylic acids is 3. The van der Waals surface area contributed by atoms with Crippen LogP contribution in [-0.4, -0.2) is 92.5 Å². The molecule has 3 aliphatic rings. The number of hydrogen-bond acceptors (Lipinski definition) is 9. The van der Waals surface area contributed by atoms with Crippen LogP contribution in [0.3, 0.4) is 0 Å². The molecular weight excluding hydrogens is 556 g/mol. The molecule has 0 aromatic heterocycles. The number of aliphatic hydroxyl groups is 2. The van der Waals surface area contributed by atoms with Gasteiger partial charge in [0.25, 0.3) is 0 Å². The van der Waals surface area contributed by atoms with Crippen molar-refractivity contribution in [2.45, 2.75) is 49.9 Å². The second-order valence-corrected chi connectivity index (χ2v) is 11.0. The van der Waals surface area contributed by atoms with E-state index in [1.807, 2.05) is 6.07 Å². The van der Waals surface area contributed by atoms with Crippen molar-refractivity contribution in [3.63, 3.8) is 0 Å². The normalized spacial score (nSPS) is 22.2. The molecule has 0 spiro atoms. The Morgan fingerprint density at radius 2 is 1.86 bits per heavy atom. The molecule has 1 fully saturated rings. The molecule has 2 amide bonds. The van der Waals surface area contributed by atoms with Gasteiger partial charge in [-0.25, -0.2) is 0 Å². The molecule has 4 atom stereocenters. The van der Waals surface area contributed by atoms with E-state index in [1.165, 1.54) is 13.2 Å². The van der Waals surface area contributed by atoms with Crippen molar-refractivity contribution in [3.05, 3.63) is 58.7 Å². The fraction of sp³-hybridized carbons (Fsp3) is 0.469. The van der Waals surface area contributed by atoms with Gasteiger partial charge in [0, 0.05) is 35.7 Å². The predicted molar refractivity (Wildman–Crippen MR) is 156 cm³/mol. The molecule has 0 saturated heterocycles. The summed E-state index contributed by atoms with van der Waals surface area (Å²) >= 11 is 0. The van der Waals surface area contributed by atoms with Crippen molar-refractivity contribution in [3.8, 4) is 23.0 Å². The van der Waals surface area contributed by atoms with E-state index in [4.69, 9.17) is 18.9 Å². The summed E-state index contributed by atoms with van der Waals surface area (Å²) in [5.74, 6) is 0.478. The van der Waals surface area contributed by atoms with Crippen LogP contribution >= 0.6 is 0 Å². The quantitative estimate of drug-likeness (QED) is 0.315. The third kappa shape index (κ3) is 5.79. The van der Waals surface area contributed by atoms with E-state index < -0.39 is 30.1 Å². The monoisotopic (exact) mass is 594 g/mol. The maximum Gasteiger partial charge on any atom is 0.247 e. The Kier molecular flexibility index (Phi) is 9.22. The summed E-state index contributed by atoms with van der Waals surface area (Å²) in [4.78, 5) is 40.8. The molecule has 2 aromatic carbocycles. The van der Waals surface area contributed by atoms with Gasteiger partial charge < -0.3 is 39.4 Å². The topological polar surface area (TPSA) is 144 Å². The summed E-state index contributed by atoms with van der Waals surface area (Å²) in [6.45, 7) is 0.00213. The molecule has 3 N–H and O–H groups in total. The molecular formula is C32H38N2O9. The lowest BCUT2D eigenvalue weighted by Gasteiger charge is -2.43. The van der Waals surface area contributed by atoms with E-state index in [-0.39, 0.29) is 37.1 Å². The number of benzene rings is 2. The number of rotatable bonds is 12. The van der Waals surface area contributed by atoms with Gasteiger partial charge in [-0.05, 0) is 61.2 Å². The van der Waals surface area contributed by atoms with Crippen molar-refractivity contribution in [2.75, 3.05) is 41.0 Å². The van der Waals surface area contributed by atoms with E-state index in [0.717, 1.165) is 24.8 Å². The highest BCUT2D eigenvalue weighted by Gasteiger charge is 2.52. The standard InChI is InChI=1S/C32H38N2O9/c1-40-21-7-8-25(41-2)20(15-21)9-11-34(32(39)19-5-4-6-19)24-16-23(31(38)33-10-12-35)27-22-13-18(17-36)14-26(42-3)29(22)43-30(27)28(24)37/h7-8,13-17,19,24,27-28,30,35,37H,4-6,9-12H2,1-3H3,(H,33,38). The number of methoxy groups -OCH3 is 3. The molecule has 5 rings (SSSR count). The summed E-state index contributed by atoms with van der Waals surface area (Å²) < 4.78 is 22.7. The maximum absolute atomic E-state index is 13.9. The van der Waals surface area contributed by atoms with Gasteiger partial charge in [-0.2, -0.15) is 0 Å². The van der Waals surface area contributed by atoms with Crippen molar-refractivity contribution in [2.24, 2.45) is 5.92 Å². The average Bonchev–Trinajstić information content (AvgIpc) is 3.39. The average molecular weight is 595 g/mol. The summed E-state index contributed by atoms with van der Waals surface area (Å²) in [5.41, 5.74) is 1.98. The zero-order valence-corrected chi connectivity index (χ0v) is 24.6. The van der Waals surface area contributed by atoms with E-state index >= 15 is 0 Å². The van der Waals surface area contributed by atoms with Crippen molar-refractivity contribution in [1.82, 2.24) is 10.2 Å². The summed E-state index contributed by atoms with van der Waals surface area (Å²) in [6.07, 6.45) is 3.06. The first-order valence-electron chi connectivity index (χ1n) is 14.5. The van der Waals surface area contributed by atoms with E-state index in [1.54, 1.807) is 43.4 Å². The first-order chi connectivity index (χ1) is 20.8. The highest BCUT2D eigenvalue weighted by molar-refractivity contribution is 5.96. The summed E-state index contributed by atoms with van der Waals surface area (Å²) in [7, 11) is 4.60. The zero-order chi connectivity index (χ0) is 30.7. The number of aldehydes is 1. The number of nitrogens with zero attached hydrogens (tertiary/aromatic N) is 1. The molecule has 2 aliphatic carbocycles. The number of fused-ring (bicyclic) bond motifs is 3. The van der Waals surface area contributed by atoms with Crippen LogP contribution < -0.4 is 24.3 Å². The SMILES string of the molecule is COc1ccc(OC)c(CCN(C(=O)C2CCC2)C2C=C(C(=O)NCCO)C3c4cc(C=O)cc(OC)c4OC3C2O)c1. The molecule has 1 heterocycles. The predicted octanol–water partition coefficient (Wildman–Crippen LogP) is 2.02. The number of amides is 2. The van der Waals surface area contributed by atoms with Gasteiger partial charge in [-0.3, -0.25) is 14.4 Å². The van der Waals surface area contributed by atoms with Crippen molar-refractivity contribution >= 4 is 18.1 Å². The Balaban J connectivity index is 1.56. The largest absolute Gasteiger partial charge is 0.497 e. The Morgan fingerprint density at radius 1 is 1.09 bits per heavy atom. The highest BCUT2D eigenvalue weighted by atomic mass is 16.5. The van der Waals surface area contributed by atoms with Crippen LogP contribution in [0, 0.1) is 5.92 Å². The Bertz CT molecular complexity index is 1400. The molecule has 11 nitrogen and oxygen atoms in total. The molecule has 0 bridgehead atoms. The smallest absolute Gasteiger partial charge is 0.247 e. The molecule has 0 radical (unpaired) electrons. The van der Waals surface area contributed by atoms with Gasteiger partial charge in [-0.15, -0.1) is 0 Å². The lowest BCUT2D eigenvalue weighted by molar-refractivity contribution is -0.144. The Morgan fingerprint density at radius 3 is 2.49 bits per heavy atom. The minimum Gasteiger partial charge on any atom is -0.497 e. The van der Waals surface area contributed by atoms with Crippen LogP contribution in [0.15, 0.2) is 42.0 Å². The zero-order valence-electron chi connectivity index (χ0n) is 24.6. The fourth-order valence-corrected chi connectivity index (χ4v) is 6.17. The molecule has 11 heteroatoms. The van der Waals surface area contributed by atoms with Gasteiger partial charge >= 0.3 is 0 Å².